The molecule has 0 saturated heterocycles. The highest BCUT2D eigenvalue weighted by Crippen LogP contribution is 2.18. The van der Waals surface area contributed by atoms with E-state index in [1.165, 1.54) is 5.56 Å². The maximum atomic E-state index is 12.0. The van der Waals surface area contributed by atoms with Crippen molar-refractivity contribution in [2.75, 3.05) is 13.7 Å². The van der Waals surface area contributed by atoms with E-state index in [4.69, 9.17) is 4.74 Å². The van der Waals surface area contributed by atoms with Crippen molar-refractivity contribution in [3.05, 3.63) is 72.1 Å². The average Bonchev–Trinajstić information content (AvgIpc) is 3.13. The number of hydrogen-bond acceptors (Lipinski definition) is 3. The van der Waals surface area contributed by atoms with Gasteiger partial charge in [0, 0.05) is 31.8 Å². The number of benzene rings is 2. The van der Waals surface area contributed by atoms with Gasteiger partial charge >= 0.3 is 0 Å². The van der Waals surface area contributed by atoms with Crippen LogP contribution in [-0.2, 0) is 24.7 Å². The molecule has 1 amide bonds. The second kappa shape index (κ2) is 9.03. The molecule has 0 radical (unpaired) electrons. The Hall–Kier alpha value is -3.08. The summed E-state index contributed by atoms with van der Waals surface area (Å²) in [5, 5.41) is 7.19. The van der Waals surface area contributed by atoms with Gasteiger partial charge in [-0.2, -0.15) is 5.10 Å². The van der Waals surface area contributed by atoms with Crippen molar-refractivity contribution in [3.8, 4) is 16.9 Å². The Balaban J connectivity index is 1.40. The average molecular weight is 363 g/mol. The Labute approximate surface area is 160 Å². The zero-order valence-electron chi connectivity index (χ0n) is 15.8. The molecule has 0 spiro atoms. The Bertz CT molecular complexity index is 867. The quantitative estimate of drug-likeness (QED) is 0.667. The molecule has 0 aliphatic rings. The van der Waals surface area contributed by atoms with Crippen molar-refractivity contribution < 1.29 is 9.53 Å². The molecule has 0 aliphatic carbocycles. The number of rotatable bonds is 8. The summed E-state index contributed by atoms with van der Waals surface area (Å²) < 4.78 is 6.94. The Morgan fingerprint density at radius 2 is 1.67 bits per heavy atom. The number of aryl methyl sites for hydroxylation is 2. The molecule has 3 rings (SSSR count). The SMILES string of the molecule is COc1ccc(CCC(=O)NCCc2ccc(-c3cnn(C)c3)cc2)cc1. The first-order valence-electron chi connectivity index (χ1n) is 9.11. The predicted molar refractivity (Wildman–Crippen MR) is 107 cm³/mol. The van der Waals surface area contributed by atoms with Gasteiger partial charge < -0.3 is 10.1 Å². The highest BCUT2D eigenvalue weighted by Gasteiger charge is 2.04. The summed E-state index contributed by atoms with van der Waals surface area (Å²) in [5.74, 6) is 0.913. The lowest BCUT2D eigenvalue weighted by Gasteiger charge is -2.07. The van der Waals surface area contributed by atoms with E-state index < -0.39 is 0 Å². The maximum absolute atomic E-state index is 12.0. The lowest BCUT2D eigenvalue weighted by molar-refractivity contribution is -0.121. The second-order valence-electron chi connectivity index (χ2n) is 6.55. The number of ether oxygens (including phenoxy) is 1. The van der Waals surface area contributed by atoms with E-state index in [0.29, 0.717) is 13.0 Å². The zero-order valence-corrected chi connectivity index (χ0v) is 15.8. The molecule has 0 unspecified atom stereocenters. The van der Waals surface area contributed by atoms with Crippen molar-refractivity contribution in [2.45, 2.75) is 19.3 Å². The minimum atomic E-state index is 0.0813. The van der Waals surface area contributed by atoms with Crippen LogP contribution >= 0.6 is 0 Å². The first-order chi connectivity index (χ1) is 13.1. The van der Waals surface area contributed by atoms with Crippen LogP contribution in [0.1, 0.15) is 17.5 Å². The summed E-state index contributed by atoms with van der Waals surface area (Å²) in [6.07, 6.45) is 5.90. The highest BCUT2D eigenvalue weighted by atomic mass is 16.5. The molecule has 140 valence electrons. The molecule has 1 heterocycles. The second-order valence-corrected chi connectivity index (χ2v) is 6.55. The summed E-state index contributed by atoms with van der Waals surface area (Å²) in [6.45, 7) is 0.647. The van der Waals surface area contributed by atoms with Gasteiger partial charge in [-0.1, -0.05) is 36.4 Å². The van der Waals surface area contributed by atoms with Crippen LogP contribution in [0.15, 0.2) is 60.9 Å². The molecule has 3 aromatic rings. The van der Waals surface area contributed by atoms with Gasteiger partial charge in [-0.25, -0.2) is 0 Å². The Morgan fingerprint density at radius 1 is 1.00 bits per heavy atom. The van der Waals surface area contributed by atoms with Crippen LogP contribution < -0.4 is 10.1 Å². The van der Waals surface area contributed by atoms with Gasteiger partial charge in [0.05, 0.1) is 13.3 Å². The van der Waals surface area contributed by atoms with Crippen molar-refractivity contribution in [3.63, 3.8) is 0 Å². The molecular weight excluding hydrogens is 338 g/mol. The van der Waals surface area contributed by atoms with Crippen LogP contribution in [0.4, 0.5) is 0 Å². The van der Waals surface area contributed by atoms with E-state index in [-0.39, 0.29) is 5.91 Å². The zero-order chi connectivity index (χ0) is 19.1. The summed E-state index contributed by atoms with van der Waals surface area (Å²) >= 11 is 0. The minimum absolute atomic E-state index is 0.0813. The van der Waals surface area contributed by atoms with E-state index in [2.05, 4.69) is 34.7 Å². The summed E-state index contributed by atoms with van der Waals surface area (Å²) in [7, 11) is 3.56. The largest absolute Gasteiger partial charge is 0.497 e. The first-order valence-corrected chi connectivity index (χ1v) is 9.11. The van der Waals surface area contributed by atoms with Crippen LogP contribution in [0.5, 0.6) is 5.75 Å². The fourth-order valence-corrected chi connectivity index (χ4v) is 2.92. The van der Waals surface area contributed by atoms with E-state index in [0.717, 1.165) is 35.3 Å². The third kappa shape index (κ3) is 5.45. The maximum Gasteiger partial charge on any atom is 0.220 e. The van der Waals surface area contributed by atoms with Gasteiger partial charge in [0.1, 0.15) is 5.75 Å². The molecule has 0 atom stereocenters. The van der Waals surface area contributed by atoms with Crippen LogP contribution in [-0.4, -0.2) is 29.3 Å². The summed E-state index contributed by atoms with van der Waals surface area (Å²) in [5.41, 5.74) is 4.60. The number of nitrogens with one attached hydrogen (secondary N) is 1. The number of carbonyl (C=O) groups is 1. The fourth-order valence-electron chi connectivity index (χ4n) is 2.92. The molecule has 5 nitrogen and oxygen atoms in total. The van der Waals surface area contributed by atoms with Crippen LogP contribution in [0, 0.1) is 0 Å². The monoisotopic (exact) mass is 363 g/mol. The fraction of sp³-hybridized carbons (Fsp3) is 0.273. The summed E-state index contributed by atoms with van der Waals surface area (Å²) in [4.78, 5) is 12.0. The molecule has 5 heteroatoms. The highest BCUT2D eigenvalue weighted by molar-refractivity contribution is 5.76. The molecule has 0 bridgehead atoms. The predicted octanol–water partition coefficient (Wildman–Crippen LogP) is 3.39. The van der Waals surface area contributed by atoms with Gasteiger partial charge in [0.15, 0.2) is 0 Å². The van der Waals surface area contributed by atoms with Crippen molar-refractivity contribution in [1.29, 1.82) is 0 Å². The first kappa shape index (κ1) is 18.7. The molecule has 0 fully saturated rings. The number of amides is 1. The topological polar surface area (TPSA) is 56.1 Å². The van der Waals surface area contributed by atoms with E-state index in [9.17, 15) is 4.79 Å². The van der Waals surface area contributed by atoms with Crippen LogP contribution in [0.25, 0.3) is 11.1 Å². The third-order valence-electron chi connectivity index (χ3n) is 4.53. The molecule has 1 N–H and O–H groups in total. The number of nitrogens with zero attached hydrogens (tertiary/aromatic N) is 2. The van der Waals surface area contributed by atoms with E-state index >= 15 is 0 Å². The molecule has 0 aliphatic heterocycles. The molecule has 0 saturated carbocycles. The lowest BCUT2D eigenvalue weighted by Crippen LogP contribution is -2.25. The number of hydrogen-bond donors (Lipinski definition) is 1. The van der Waals surface area contributed by atoms with Gasteiger partial charge in [0.2, 0.25) is 5.91 Å². The minimum Gasteiger partial charge on any atom is -0.497 e. The Morgan fingerprint density at radius 3 is 2.30 bits per heavy atom. The van der Waals surface area contributed by atoms with Crippen molar-refractivity contribution >= 4 is 5.91 Å². The van der Waals surface area contributed by atoms with E-state index in [1.54, 1.807) is 11.8 Å². The summed E-state index contributed by atoms with van der Waals surface area (Å²) in [6, 6.07) is 16.2. The number of methoxy groups -OCH3 is 1. The van der Waals surface area contributed by atoms with Crippen LogP contribution in [0.3, 0.4) is 0 Å². The van der Waals surface area contributed by atoms with E-state index in [1.807, 2.05) is 43.7 Å². The van der Waals surface area contributed by atoms with Crippen molar-refractivity contribution in [1.82, 2.24) is 15.1 Å². The number of carbonyl (C=O) groups excluding carboxylic acids is 1. The van der Waals surface area contributed by atoms with Crippen molar-refractivity contribution in [2.24, 2.45) is 7.05 Å². The number of aromatic nitrogens is 2. The normalized spacial score (nSPS) is 10.6. The molecule has 27 heavy (non-hydrogen) atoms. The van der Waals surface area contributed by atoms with Gasteiger partial charge in [-0.15, -0.1) is 0 Å². The Kier molecular flexibility index (Phi) is 6.26. The van der Waals surface area contributed by atoms with Gasteiger partial charge in [-0.05, 0) is 41.7 Å². The molecular formula is C22H25N3O2. The smallest absolute Gasteiger partial charge is 0.220 e. The van der Waals surface area contributed by atoms with Gasteiger partial charge in [-0.3, -0.25) is 9.48 Å². The van der Waals surface area contributed by atoms with Crippen LogP contribution in [0.2, 0.25) is 0 Å². The lowest BCUT2D eigenvalue weighted by atomic mass is 10.1. The molecule has 1 aromatic heterocycles. The third-order valence-corrected chi connectivity index (χ3v) is 4.53. The molecule has 2 aromatic carbocycles. The standard InChI is InChI=1S/C22H25N3O2/c1-25-16-20(15-24-25)19-8-3-18(4-9-19)13-14-23-22(26)12-7-17-5-10-21(27-2)11-6-17/h3-6,8-11,15-16H,7,12-14H2,1-2H3,(H,23,26). The van der Waals surface area contributed by atoms with Gasteiger partial charge in [0.25, 0.3) is 0 Å².